The van der Waals surface area contributed by atoms with Crippen molar-refractivity contribution in [3.8, 4) is 11.5 Å². The first-order valence-electron chi connectivity index (χ1n) is 9.50. The second kappa shape index (κ2) is 10.3. The molecule has 0 fully saturated rings. The number of hydrogen-bond acceptors (Lipinski definition) is 3. The highest BCUT2D eigenvalue weighted by Crippen LogP contribution is 2.32. The lowest BCUT2D eigenvalue weighted by Gasteiger charge is -2.15. The van der Waals surface area contributed by atoms with Crippen molar-refractivity contribution in [2.24, 2.45) is 0 Å². The van der Waals surface area contributed by atoms with Crippen LogP contribution in [0.15, 0.2) is 84.9 Å². The molecular weight excluding hydrogens is 348 g/mol. The van der Waals surface area contributed by atoms with Gasteiger partial charge < -0.3 is 14.2 Å². The van der Waals surface area contributed by atoms with Crippen LogP contribution in [0.4, 0.5) is 0 Å². The van der Waals surface area contributed by atoms with Gasteiger partial charge in [-0.2, -0.15) is 0 Å². The Morgan fingerprint density at radius 3 is 2.29 bits per heavy atom. The van der Waals surface area contributed by atoms with Crippen molar-refractivity contribution >= 4 is 5.57 Å². The van der Waals surface area contributed by atoms with E-state index in [1.54, 1.807) is 7.11 Å². The van der Waals surface area contributed by atoms with Crippen molar-refractivity contribution in [3.05, 3.63) is 102 Å². The third-order valence-electron chi connectivity index (χ3n) is 4.42. The normalized spacial score (nSPS) is 11.3. The Labute approximate surface area is 167 Å². The number of ether oxygens (including phenoxy) is 3. The largest absolute Gasteiger partial charge is 0.497 e. The molecule has 0 saturated heterocycles. The van der Waals surface area contributed by atoms with Gasteiger partial charge in [-0.1, -0.05) is 66.7 Å². The zero-order chi connectivity index (χ0) is 19.6. The predicted molar refractivity (Wildman–Crippen MR) is 114 cm³/mol. The highest BCUT2D eigenvalue weighted by atomic mass is 16.5. The van der Waals surface area contributed by atoms with E-state index in [-0.39, 0.29) is 0 Å². The molecule has 3 aromatic rings. The van der Waals surface area contributed by atoms with Crippen molar-refractivity contribution in [2.45, 2.75) is 13.5 Å². The minimum Gasteiger partial charge on any atom is -0.497 e. The monoisotopic (exact) mass is 374 g/mol. The lowest BCUT2D eigenvalue weighted by Crippen LogP contribution is -2.00. The van der Waals surface area contributed by atoms with Crippen molar-refractivity contribution in [3.63, 3.8) is 0 Å². The highest BCUT2D eigenvalue weighted by Gasteiger charge is 2.11. The van der Waals surface area contributed by atoms with Gasteiger partial charge in [0.2, 0.25) is 0 Å². The molecule has 0 aromatic heterocycles. The predicted octanol–water partition coefficient (Wildman–Crippen LogP) is 5.74. The number of methoxy groups -OCH3 is 1. The quantitative estimate of drug-likeness (QED) is 0.447. The number of para-hydroxylation sites is 1. The first-order valence-corrected chi connectivity index (χ1v) is 9.50. The lowest BCUT2D eigenvalue weighted by molar-refractivity contribution is 0.178. The fourth-order valence-corrected chi connectivity index (χ4v) is 2.96. The van der Waals surface area contributed by atoms with E-state index in [0.29, 0.717) is 19.8 Å². The molecule has 0 amide bonds. The van der Waals surface area contributed by atoms with E-state index in [0.717, 1.165) is 33.8 Å². The molecule has 28 heavy (non-hydrogen) atoms. The van der Waals surface area contributed by atoms with Crippen LogP contribution >= 0.6 is 0 Å². The smallest absolute Gasteiger partial charge is 0.127 e. The van der Waals surface area contributed by atoms with Gasteiger partial charge in [0.25, 0.3) is 0 Å². The summed E-state index contributed by atoms with van der Waals surface area (Å²) in [5, 5.41) is 0. The van der Waals surface area contributed by atoms with Crippen molar-refractivity contribution < 1.29 is 14.2 Å². The standard InChI is InChI=1S/C25H26O3/c1-3-27-18-17-23(21-13-15-22(26-2)16-14-21)24-11-7-8-12-25(24)28-19-20-9-5-4-6-10-20/h4-17H,3,18-19H2,1-2H3/b23-17-. The fraction of sp³-hybridized carbons (Fsp3) is 0.200. The summed E-state index contributed by atoms with van der Waals surface area (Å²) in [5.74, 6) is 1.69. The van der Waals surface area contributed by atoms with Crippen LogP contribution < -0.4 is 9.47 Å². The van der Waals surface area contributed by atoms with Crippen LogP contribution in [0.3, 0.4) is 0 Å². The average Bonchev–Trinajstić information content (AvgIpc) is 2.77. The maximum absolute atomic E-state index is 6.17. The molecule has 0 bridgehead atoms. The summed E-state index contributed by atoms with van der Waals surface area (Å²) >= 11 is 0. The zero-order valence-electron chi connectivity index (χ0n) is 16.4. The summed E-state index contributed by atoms with van der Waals surface area (Å²) in [6, 6.07) is 26.4. The Hall–Kier alpha value is -3.04. The molecule has 0 radical (unpaired) electrons. The van der Waals surface area contributed by atoms with E-state index in [9.17, 15) is 0 Å². The van der Waals surface area contributed by atoms with E-state index < -0.39 is 0 Å². The topological polar surface area (TPSA) is 27.7 Å². The van der Waals surface area contributed by atoms with Crippen LogP contribution in [0.1, 0.15) is 23.6 Å². The summed E-state index contributed by atoms with van der Waals surface area (Å²) in [7, 11) is 1.67. The summed E-state index contributed by atoms with van der Waals surface area (Å²) in [5.41, 5.74) is 4.36. The molecule has 0 spiro atoms. The molecule has 3 heteroatoms. The van der Waals surface area contributed by atoms with Gasteiger partial charge in [-0.25, -0.2) is 0 Å². The Bertz CT molecular complexity index is 883. The van der Waals surface area contributed by atoms with E-state index >= 15 is 0 Å². The number of rotatable bonds is 9. The third-order valence-corrected chi connectivity index (χ3v) is 4.42. The van der Waals surface area contributed by atoms with E-state index in [1.165, 1.54) is 0 Å². The summed E-state index contributed by atoms with van der Waals surface area (Å²) in [6.07, 6.45) is 2.11. The second-order valence-electron chi connectivity index (χ2n) is 6.28. The second-order valence-corrected chi connectivity index (χ2v) is 6.28. The van der Waals surface area contributed by atoms with Crippen molar-refractivity contribution in [1.29, 1.82) is 0 Å². The van der Waals surface area contributed by atoms with Crippen LogP contribution in [0, 0.1) is 0 Å². The molecular formula is C25H26O3. The SMILES string of the molecule is CCOC/C=C(/c1ccc(OC)cc1)c1ccccc1OCc1ccccc1. The maximum Gasteiger partial charge on any atom is 0.127 e. The molecule has 0 aliphatic rings. The Morgan fingerprint density at radius 2 is 1.57 bits per heavy atom. The first kappa shape index (κ1) is 19.7. The molecule has 0 saturated carbocycles. The zero-order valence-corrected chi connectivity index (χ0v) is 16.4. The van der Waals surface area contributed by atoms with Gasteiger partial charge in [-0.15, -0.1) is 0 Å². The van der Waals surface area contributed by atoms with Gasteiger partial charge in [0.05, 0.1) is 13.7 Å². The molecule has 0 atom stereocenters. The van der Waals surface area contributed by atoms with Gasteiger partial charge in [0.1, 0.15) is 18.1 Å². The van der Waals surface area contributed by atoms with E-state index in [2.05, 4.69) is 36.4 Å². The van der Waals surface area contributed by atoms with Crippen LogP contribution in [0.25, 0.3) is 5.57 Å². The van der Waals surface area contributed by atoms with Gasteiger partial charge in [0.15, 0.2) is 0 Å². The first-order chi connectivity index (χ1) is 13.8. The molecule has 0 heterocycles. The Kier molecular flexibility index (Phi) is 7.28. The molecule has 3 rings (SSSR count). The van der Waals surface area contributed by atoms with Crippen LogP contribution in [-0.4, -0.2) is 20.3 Å². The van der Waals surface area contributed by atoms with Gasteiger partial charge in [-0.05, 0) is 41.8 Å². The van der Waals surface area contributed by atoms with Crippen LogP contribution in [0.5, 0.6) is 11.5 Å². The average molecular weight is 374 g/mol. The summed E-state index contributed by atoms with van der Waals surface area (Å²) < 4.78 is 17.0. The molecule has 144 valence electrons. The summed E-state index contributed by atoms with van der Waals surface area (Å²) in [4.78, 5) is 0. The Morgan fingerprint density at radius 1 is 0.857 bits per heavy atom. The van der Waals surface area contributed by atoms with Crippen molar-refractivity contribution in [1.82, 2.24) is 0 Å². The van der Waals surface area contributed by atoms with E-state index in [4.69, 9.17) is 14.2 Å². The number of hydrogen-bond donors (Lipinski definition) is 0. The molecule has 0 aliphatic heterocycles. The Balaban J connectivity index is 1.91. The van der Waals surface area contributed by atoms with Crippen LogP contribution in [-0.2, 0) is 11.3 Å². The van der Waals surface area contributed by atoms with Crippen molar-refractivity contribution in [2.75, 3.05) is 20.3 Å². The van der Waals surface area contributed by atoms with Gasteiger partial charge >= 0.3 is 0 Å². The molecule has 0 unspecified atom stereocenters. The molecule has 3 aromatic carbocycles. The summed E-state index contributed by atoms with van der Waals surface area (Å²) in [6.45, 7) is 3.75. The van der Waals surface area contributed by atoms with Gasteiger partial charge in [0, 0.05) is 12.2 Å². The molecule has 3 nitrogen and oxygen atoms in total. The third kappa shape index (κ3) is 5.24. The highest BCUT2D eigenvalue weighted by molar-refractivity contribution is 5.83. The minimum absolute atomic E-state index is 0.527. The van der Waals surface area contributed by atoms with E-state index in [1.807, 2.05) is 55.5 Å². The van der Waals surface area contributed by atoms with Gasteiger partial charge in [-0.3, -0.25) is 0 Å². The number of benzene rings is 3. The fourth-order valence-electron chi connectivity index (χ4n) is 2.96. The molecule has 0 aliphatic carbocycles. The molecule has 0 N–H and O–H groups in total. The van der Waals surface area contributed by atoms with Crippen LogP contribution in [0.2, 0.25) is 0 Å². The maximum atomic E-state index is 6.17. The minimum atomic E-state index is 0.527. The lowest BCUT2D eigenvalue weighted by atomic mass is 9.96.